The zero-order chi connectivity index (χ0) is 30.9. The third-order valence-corrected chi connectivity index (χ3v) is 8.09. The molecule has 10 nitrogen and oxygen atoms in total. The number of nitrogens with one attached hydrogen (secondary N) is 1. The van der Waals surface area contributed by atoms with Crippen LogP contribution in [-0.4, -0.2) is 98.7 Å². The summed E-state index contributed by atoms with van der Waals surface area (Å²) >= 11 is 6.01. The Morgan fingerprint density at radius 2 is 1.52 bits per heavy atom. The highest BCUT2D eigenvalue weighted by atomic mass is 35.5. The van der Waals surface area contributed by atoms with Crippen molar-refractivity contribution in [3.8, 4) is 0 Å². The second-order valence-electron chi connectivity index (χ2n) is 11.4. The van der Waals surface area contributed by atoms with Gasteiger partial charge in [-0.1, -0.05) is 102 Å². The quantitative estimate of drug-likeness (QED) is 0.102. The maximum atomic E-state index is 12.9. The average molecular weight is 618 g/mol. The van der Waals surface area contributed by atoms with E-state index in [9.17, 15) is 35.4 Å². The summed E-state index contributed by atoms with van der Waals surface area (Å²) in [6.07, 6.45) is 4.38. The highest BCUT2D eigenvalue weighted by Crippen LogP contribution is 2.23. The Hall–Kier alpha value is -1.34. The Morgan fingerprint density at radius 3 is 2.10 bits per heavy atom. The van der Waals surface area contributed by atoms with Gasteiger partial charge in [-0.3, -0.25) is 4.79 Å². The van der Waals surface area contributed by atoms with Gasteiger partial charge in [0.25, 0.3) is 5.91 Å². The van der Waals surface area contributed by atoms with Crippen molar-refractivity contribution in [2.75, 3.05) is 13.2 Å². The summed E-state index contributed by atoms with van der Waals surface area (Å²) < 4.78 is 11.0. The first kappa shape index (κ1) is 36.8. The molecule has 11 heteroatoms. The number of carbonyl (C=O) groups excluding carboxylic acids is 1. The van der Waals surface area contributed by atoms with E-state index in [0.717, 1.165) is 19.3 Å². The van der Waals surface area contributed by atoms with E-state index in [-0.39, 0.29) is 5.56 Å². The topological polar surface area (TPSA) is 169 Å². The number of unbranched alkanes of at least 4 members (excludes halogenated alkanes) is 11. The maximum absolute atomic E-state index is 12.9. The lowest BCUT2D eigenvalue weighted by Gasteiger charge is -2.40. The molecule has 42 heavy (non-hydrogen) atoms. The highest BCUT2D eigenvalue weighted by Gasteiger charge is 2.44. The molecule has 1 aliphatic heterocycles. The van der Waals surface area contributed by atoms with Gasteiger partial charge in [-0.2, -0.15) is 0 Å². The van der Waals surface area contributed by atoms with Gasteiger partial charge >= 0.3 is 0 Å². The lowest BCUT2D eigenvalue weighted by Crippen LogP contribution is -2.60. The van der Waals surface area contributed by atoms with Gasteiger partial charge in [0, 0.05) is 10.6 Å². The molecular weight excluding hydrogens is 566 g/mol. The molecule has 1 saturated heterocycles. The summed E-state index contributed by atoms with van der Waals surface area (Å²) in [6, 6.07) is 5.12. The molecule has 0 aliphatic carbocycles. The molecule has 3 unspecified atom stereocenters. The maximum Gasteiger partial charge on any atom is 0.251 e. The SMILES string of the molecule is CCCCCCCCCCCCCCC(O)C(O)C(CO[C@H]1O[C@H](CO)[C@H](O)[C@H](O)[C@H]1O)NC(=O)c1cccc(Cl)c1. The van der Waals surface area contributed by atoms with Crippen molar-refractivity contribution < 1.29 is 44.9 Å². The molecule has 7 N–H and O–H groups in total. The zero-order valence-electron chi connectivity index (χ0n) is 24.8. The van der Waals surface area contributed by atoms with Crippen LogP contribution in [0.1, 0.15) is 101 Å². The van der Waals surface area contributed by atoms with Crippen molar-refractivity contribution in [3.63, 3.8) is 0 Å². The third-order valence-electron chi connectivity index (χ3n) is 7.85. The van der Waals surface area contributed by atoms with Gasteiger partial charge in [0.1, 0.15) is 30.5 Å². The molecule has 1 amide bonds. The molecule has 8 atom stereocenters. The predicted octanol–water partition coefficient (Wildman–Crippen LogP) is 3.07. The normalized spacial score (nSPS) is 24.7. The summed E-state index contributed by atoms with van der Waals surface area (Å²) in [4.78, 5) is 12.9. The van der Waals surface area contributed by atoms with E-state index >= 15 is 0 Å². The molecule has 1 aliphatic rings. The van der Waals surface area contributed by atoms with Gasteiger partial charge in [-0.05, 0) is 24.6 Å². The second kappa shape index (κ2) is 20.6. The number of aliphatic hydroxyl groups excluding tert-OH is 6. The van der Waals surface area contributed by atoms with E-state index in [4.69, 9.17) is 21.1 Å². The Kier molecular flexibility index (Phi) is 18.1. The minimum atomic E-state index is -1.64. The number of hydrogen-bond donors (Lipinski definition) is 7. The lowest BCUT2D eigenvalue weighted by atomic mass is 9.98. The summed E-state index contributed by atoms with van der Waals surface area (Å²) in [5, 5.41) is 64.5. The fourth-order valence-corrected chi connectivity index (χ4v) is 5.33. The summed E-state index contributed by atoms with van der Waals surface area (Å²) in [5.41, 5.74) is 0.239. The van der Waals surface area contributed by atoms with E-state index in [1.165, 1.54) is 57.4 Å². The standard InChI is InChI=1S/C31H52ClNO9/c1-2-3-4-5-6-7-8-9-10-11-12-13-17-24(35)26(36)23(33-30(40)21-15-14-16-22(32)18-21)20-41-31-29(39)28(38)27(37)25(19-34)42-31/h14-16,18,23-29,31,34-39H,2-13,17,19-20H2,1H3,(H,33,40)/t23?,24?,25-,26?,27+,28+,29-,31+/m1/s1. The van der Waals surface area contributed by atoms with Crippen LogP contribution in [0.15, 0.2) is 24.3 Å². The first-order chi connectivity index (χ1) is 20.2. The number of rotatable bonds is 21. The van der Waals surface area contributed by atoms with Crippen molar-refractivity contribution in [2.24, 2.45) is 0 Å². The minimum Gasteiger partial charge on any atom is -0.394 e. The molecule has 1 aromatic carbocycles. The molecule has 1 heterocycles. The van der Waals surface area contributed by atoms with Crippen LogP contribution >= 0.6 is 11.6 Å². The summed E-state index contributed by atoms with van der Waals surface area (Å²) in [5.74, 6) is -0.559. The van der Waals surface area contributed by atoms with Crippen LogP contribution in [0.2, 0.25) is 5.02 Å². The Bertz CT molecular complexity index is 877. The zero-order valence-corrected chi connectivity index (χ0v) is 25.6. The van der Waals surface area contributed by atoms with Crippen LogP contribution < -0.4 is 5.32 Å². The Labute approximate surface area is 255 Å². The minimum absolute atomic E-state index is 0.239. The lowest BCUT2D eigenvalue weighted by molar-refractivity contribution is -0.303. The number of hydrogen-bond acceptors (Lipinski definition) is 9. The number of halogens is 1. The van der Waals surface area contributed by atoms with E-state index in [1.807, 2.05) is 0 Å². The van der Waals surface area contributed by atoms with Crippen LogP contribution in [-0.2, 0) is 9.47 Å². The van der Waals surface area contributed by atoms with Crippen LogP contribution in [0.25, 0.3) is 0 Å². The average Bonchev–Trinajstić information content (AvgIpc) is 2.98. The van der Waals surface area contributed by atoms with Crippen molar-refractivity contribution in [1.82, 2.24) is 5.32 Å². The molecule has 242 valence electrons. The predicted molar refractivity (Wildman–Crippen MR) is 160 cm³/mol. The molecule has 0 saturated carbocycles. The van der Waals surface area contributed by atoms with E-state index < -0.39 is 68.1 Å². The number of amides is 1. The first-order valence-electron chi connectivity index (χ1n) is 15.5. The Morgan fingerprint density at radius 1 is 0.929 bits per heavy atom. The van der Waals surface area contributed by atoms with E-state index in [0.29, 0.717) is 17.9 Å². The van der Waals surface area contributed by atoms with E-state index in [1.54, 1.807) is 18.2 Å². The van der Waals surface area contributed by atoms with Crippen LogP contribution in [0, 0.1) is 0 Å². The molecule has 2 rings (SSSR count). The molecule has 0 spiro atoms. The largest absolute Gasteiger partial charge is 0.394 e. The first-order valence-corrected chi connectivity index (χ1v) is 15.9. The van der Waals surface area contributed by atoms with Gasteiger partial charge in [-0.25, -0.2) is 0 Å². The molecule has 0 radical (unpaired) electrons. The number of aliphatic hydroxyl groups is 6. The van der Waals surface area contributed by atoms with Crippen LogP contribution in [0.3, 0.4) is 0 Å². The molecule has 1 fully saturated rings. The fourth-order valence-electron chi connectivity index (χ4n) is 5.14. The number of benzene rings is 1. The van der Waals surface area contributed by atoms with Crippen molar-refractivity contribution in [3.05, 3.63) is 34.9 Å². The Balaban J connectivity index is 1.86. The molecule has 0 aromatic heterocycles. The van der Waals surface area contributed by atoms with Gasteiger partial charge in [0.15, 0.2) is 6.29 Å². The highest BCUT2D eigenvalue weighted by molar-refractivity contribution is 6.30. The molecule has 0 bridgehead atoms. The van der Waals surface area contributed by atoms with Gasteiger partial charge in [0.2, 0.25) is 0 Å². The number of carbonyl (C=O) groups is 1. The fraction of sp³-hybridized carbons (Fsp3) is 0.774. The van der Waals surface area contributed by atoms with Crippen LogP contribution in [0.5, 0.6) is 0 Å². The van der Waals surface area contributed by atoms with Gasteiger partial charge in [0.05, 0.1) is 25.4 Å². The summed E-state index contributed by atoms with van der Waals surface area (Å²) in [6.45, 7) is 1.20. The third kappa shape index (κ3) is 12.7. The number of ether oxygens (including phenoxy) is 2. The molecular formula is C31H52ClNO9. The molecule has 1 aromatic rings. The van der Waals surface area contributed by atoms with E-state index in [2.05, 4.69) is 12.2 Å². The van der Waals surface area contributed by atoms with Crippen LogP contribution in [0.4, 0.5) is 0 Å². The monoisotopic (exact) mass is 617 g/mol. The smallest absolute Gasteiger partial charge is 0.251 e. The van der Waals surface area contributed by atoms with Crippen molar-refractivity contribution >= 4 is 17.5 Å². The van der Waals surface area contributed by atoms with Gasteiger partial charge < -0.3 is 45.4 Å². The summed E-state index contributed by atoms with van der Waals surface area (Å²) in [7, 11) is 0. The van der Waals surface area contributed by atoms with Gasteiger partial charge in [-0.15, -0.1) is 0 Å². The van der Waals surface area contributed by atoms with Crippen molar-refractivity contribution in [1.29, 1.82) is 0 Å². The van der Waals surface area contributed by atoms with Crippen molar-refractivity contribution in [2.45, 2.75) is 139 Å². The second-order valence-corrected chi connectivity index (χ2v) is 11.8.